The Balaban J connectivity index is 1.55. The molecular weight excluding hydrogens is 372 g/mol. The summed E-state index contributed by atoms with van der Waals surface area (Å²) in [5.74, 6) is -0.315. The molecule has 1 aliphatic carbocycles. The van der Waals surface area contributed by atoms with E-state index in [4.69, 9.17) is 0 Å². The molecule has 1 atom stereocenters. The minimum Gasteiger partial charge on any atom is -0.322 e. The van der Waals surface area contributed by atoms with Crippen molar-refractivity contribution in [3.05, 3.63) is 45.3 Å². The number of amides is 2. The van der Waals surface area contributed by atoms with E-state index in [0.29, 0.717) is 10.6 Å². The van der Waals surface area contributed by atoms with Gasteiger partial charge >= 0.3 is 0 Å². The van der Waals surface area contributed by atoms with Crippen molar-refractivity contribution in [3.63, 3.8) is 0 Å². The van der Waals surface area contributed by atoms with E-state index in [0.717, 1.165) is 46.5 Å². The second-order valence-corrected chi connectivity index (χ2v) is 8.45. The van der Waals surface area contributed by atoms with Gasteiger partial charge in [0, 0.05) is 10.6 Å². The second kappa shape index (κ2) is 8.55. The molecule has 28 heavy (non-hydrogen) atoms. The molecule has 0 spiro atoms. The maximum absolute atomic E-state index is 12.4. The average Bonchev–Trinajstić information content (AvgIpc) is 3.18. The molecule has 1 heterocycles. The first kappa shape index (κ1) is 20.1. The van der Waals surface area contributed by atoms with Gasteiger partial charge in [-0.2, -0.15) is 5.26 Å². The molecule has 1 aliphatic rings. The third-order valence-corrected chi connectivity index (χ3v) is 6.16. The molecule has 3 rings (SSSR count). The van der Waals surface area contributed by atoms with Gasteiger partial charge in [-0.15, -0.1) is 11.3 Å². The monoisotopic (exact) mass is 397 g/mol. The highest BCUT2D eigenvalue weighted by Crippen LogP contribution is 2.38. The van der Waals surface area contributed by atoms with E-state index in [1.807, 2.05) is 39.1 Å². The Morgan fingerprint density at radius 3 is 2.43 bits per heavy atom. The first-order valence-corrected chi connectivity index (χ1v) is 10.2. The minimum absolute atomic E-state index is 0.129. The number of carbonyl (C=O) groups is 2. The lowest BCUT2D eigenvalue weighted by molar-refractivity contribution is -0.862. The van der Waals surface area contributed by atoms with E-state index in [-0.39, 0.29) is 24.9 Å². The van der Waals surface area contributed by atoms with Gasteiger partial charge in [-0.25, -0.2) is 0 Å². The number of benzene rings is 1. The van der Waals surface area contributed by atoms with Crippen molar-refractivity contribution in [1.82, 2.24) is 0 Å². The van der Waals surface area contributed by atoms with Crippen LogP contribution < -0.4 is 15.5 Å². The SMILES string of the molecule is Cc1cccc(C)c1NC(=O)C[NH+](C)CC(=O)Nc1sc2c(c1C#N)CCC2. The molecule has 0 saturated heterocycles. The number of likely N-dealkylation sites (N-methyl/N-ethyl adjacent to an activating group) is 1. The molecular formula is C21H25N4O2S+. The van der Waals surface area contributed by atoms with Crippen LogP contribution in [0.15, 0.2) is 18.2 Å². The summed E-state index contributed by atoms with van der Waals surface area (Å²) in [6.45, 7) is 4.26. The zero-order valence-corrected chi connectivity index (χ0v) is 17.3. The van der Waals surface area contributed by atoms with E-state index in [9.17, 15) is 14.9 Å². The standard InChI is InChI=1S/C21H24N4O2S/c1-13-6-4-7-14(2)20(13)23-18(26)11-25(3)12-19(27)24-21-16(10-22)15-8-5-9-17(15)28-21/h4,6-7H,5,8-9,11-12H2,1-3H3,(H,23,26)(H,24,27)/p+1. The van der Waals surface area contributed by atoms with Crippen molar-refractivity contribution in [2.75, 3.05) is 30.8 Å². The van der Waals surface area contributed by atoms with Crippen LogP contribution in [0.4, 0.5) is 10.7 Å². The van der Waals surface area contributed by atoms with E-state index < -0.39 is 0 Å². The van der Waals surface area contributed by atoms with Crippen molar-refractivity contribution in [1.29, 1.82) is 5.26 Å². The molecule has 146 valence electrons. The molecule has 2 aromatic rings. The number of nitriles is 1. The number of aryl methyl sites for hydroxylation is 3. The number of rotatable bonds is 6. The highest BCUT2D eigenvalue weighted by molar-refractivity contribution is 7.16. The Hall–Kier alpha value is -2.69. The molecule has 1 aromatic carbocycles. The van der Waals surface area contributed by atoms with Gasteiger partial charge in [0.25, 0.3) is 11.8 Å². The summed E-state index contributed by atoms with van der Waals surface area (Å²) in [6, 6.07) is 8.10. The van der Waals surface area contributed by atoms with Crippen LogP contribution in [0.1, 0.15) is 33.6 Å². The number of quaternary nitrogens is 1. The Bertz CT molecular complexity index is 938. The zero-order chi connectivity index (χ0) is 20.3. The van der Waals surface area contributed by atoms with Crippen LogP contribution in [-0.2, 0) is 22.4 Å². The fourth-order valence-corrected chi connectivity index (χ4v) is 4.84. The maximum atomic E-state index is 12.4. The number of hydrogen-bond acceptors (Lipinski definition) is 4. The summed E-state index contributed by atoms with van der Waals surface area (Å²) in [5.41, 5.74) is 4.56. The molecule has 1 unspecified atom stereocenters. The van der Waals surface area contributed by atoms with E-state index in [1.54, 1.807) is 0 Å². The molecule has 1 aromatic heterocycles. The van der Waals surface area contributed by atoms with Crippen LogP contribution in [0.3, 0.4) is 0 Å². The Morgan fingerprint density at radius 1 is 1.14 bits per heavy atom. The quantitative estimate of drug-likeness (QED) is 0.695. The number of para-hydroxylation sites is 1. The second-order valence-electron chi connectivity index (χ2n) is 7.35. The summed E-state index contributed by atoms with van der Waals surface area (Å²) in [6.07, 6.45) is 2.97. The molecule has 2 amide bonds. The van der Waals surface area contributed by atoms with Crippen LogP contribution in [-0.4, -0.2) is 32.0 Å². The van der Waals surface area contributed by atoms with Crippen LogP contribution in [0.2, 0.25) is 0 Å². The Morgan fingerprint density at radius 2 is 1.79 bits per heavy atom. The van der Waals surface area contributed by atoms with Crippen molar-refractivity contribution in [3.8, 4) is 6.07 Å². The van der Waals surface area contributed by atoms with E-state index in [2.05, 4.69) is 16.7 Å². The topological polar surface area (TPSA) is 86.4 Å². The number of nitrogens with one attached hydrogen (secondary N) is 3. The lowest BCUT2D eigenvalue weighted by Gasteiger charge is -2.15. The van der Waals surface area contributed by atoms with Gasteiger partial charge in [0.1, 0.15) is 11.1 Å². The summed E-state index contributed by atoms with van der Waals surface area (Å²) < 4.78 is 0. The molecule has 6 nitrogen and oxygen atoms in total. The Kier molecular flexibility index (Phi) is 6.12. The summed E-state index contributed by atoms with van der Waals surface area (Å²) in [4.78, 5) is 26.7. The number of anilines is 2. The molecule has 0 radical (unpaired) electrons. The fraction of sp³-hybridized carbons (Fsp3) is 0.381. The van der Waals surface area contributed by atoms with Gasteiger partial charge in [-0.05, 0) is 49.8 Å². The first-order chi connectivity index (χ1) is 13.4. The number of thiophene rings is 1. The predicted molar refractivity (Wildman–Crippen MR) is 111 cm³/mol. The average molecular weight is 398 g/mol. The number of nitrogens with zero attached hydrogens (tertiary/aromatic N) is 1. The third kappa shape index (κ3) is 4.41. The molecule has 7 heteroatoms. The summed E-state index contributed by atoms with van der Waals surface area (Å²) in [5, 5.41) is 15.9. The minimum atomic E-state index is -0.186. The van der Waals surface area contributed by atoms with Crippen LogP contribution in [0, 0.1) is 25.2 Å². The van der Waals surface area contributed by atoms with Crippen molar-refractivity contribution in [2.45, 2.75) is 33.1 Å². The number of fused-ring (bicyclic) bond motifs is 1. The van der Waals surface area contributed by atoms with Crippen molar-refractivity contribution < 1.29 is 14.5 Å². The van der Waals surface area contributed by atoms with Gasteiger partial charge in [0.15, 0.2) is 13.1 Å². The summed E-state index contributed by atoms with van der Waals surface area (Å²) >= 11 is 1.50. The zero-order valence-electron chi connectivity index (χ0n) is 16.4. The molecule has 0 saturated carbocycles. The lowest BCUT2D eigenvalue weighted by Crippen LogP contribution is -3.11. The number of carbonyl (C=O) groups excluding carboxylic acids is 2. The smallest absolute Gasteiger partial charge is 0.280 e. The highest BCUT2D eigenvalue weighted by atomic mass is 32.1. The predicted octanol–water partition coefficient (Wildman–Crippen LogP) is 1.82. The van der Waals surface area contributed by atoms with Gasteiger partial charge in [-0.1, -0.05) is 18.2 Å². The molecule has 3 N–H and O–H groups in total. The van der Waals surface area contributed by atoms with Gasteiger partial charge < -0.3 is 15.5 Å². The third-order valence-electron chi connectivity index (χ3n) is 4.96. The molecule has 0 fully saturated rings. The number of hydrogen-bond donors (Lipinski definition) is 3. The van der Waals surface area contributed by atoms with Gasteiger partial charge in [0.2, 0.25) is 0 Å². The normalized spacial score (nSPS) is 13.5. The van der Waals surface area contributed by atoms with Crippen molar-refractivity contribution in [2.24, 2.45) is 0 Å². The van der Waals surface area contributed by atoms with Crippen LogP contribution in [0.25, 0.3) is 0 Å². The maximum Gasteiger partial charge on any atom is 0.280 e. The van der Waals surface area contributed by atoms with Gasteiger partial charge in [-0.3, -0.25) is 9.59 Å². The van der Waals surface area contributed by atoms with E-state index in [1.165, 1.54) is 16.2 Å². The highest BCUT2D eigenvalue weighted by Gasteiger charge is 2.24. The van der Waals surface area contributed by atoms with Crippen molar-refractivity contribution >= 4 is 33.8 Å². The molecule has 0 bridgehead atoms. The fourth-order valence-electron chi connectivity index (χ4n) is 3.59. The molecule has 0 aliphatic heterocycles. The Labute approximate surface area is 169 Å². The first-order valence-electron chi connectivity index (χ1n) is 9.41. The van der Waals surface area contributed by atoms with Crippen LogP contribution >= 0.6 is 11.3 Å². The van der Waals surface area contributed by atoms with Crippen LogP contribution in [0.5, 0.6) is 0 Å². The largest absolute Gasteiger partial charge is 0.322 e. The summed E-state index contributed by atoms with van der Waals surface area (Å²) in [7, 11) is 1.81. The van der Waals surface area contributed by atoms with Gasteiger partial charge in [0.05, 0.1) is 12.6 Å². The lowest BCUT2D eigenvalue weighted by atomic mass is 10.1. The van der Waals surface area contributed by atoms with E-state index >= 15 is 0 Å².